The number of benzene rings is 5. The van der Waals surface area contributed by atoms with Gasteiger partial charge in [-0.05, 0) is 55.6 Å². The second-order valence-electron chi connectivity index (χ2n) is 5.93. The Balaban J connectivity index is 0.000000652. The van der Waals surface area contributed by atoms with E-state index in [-0.39, 0.29) is 0 Å². The Morgan fingerprint density at radius 2 is 1.00 bits per heavy atom. The first kappa shape index (κ1) is 14.0. The number of rotatable bonds is 0. The summed E-state index contributed by atoms with van der Waals surface area (Å²) in [5, 5.41) is 10.9. The van der Waals surface area contributed by atoms with Crippen molar-refractivity contribution in [2.24, 2.45) is 0 Å². The van der Waals surface area contributed by atoms with Crippen molar-refractivity contribution in [3.63, 3.8) is 0 Å². The highest BCUT2D eigenvalue weighted by Gasteiger charge is 2.12. The quantitative estimate of drug-likeness (QED) is 0.212. The van der Waals surface area contributed by atoms with Gasteiger partial charge in [-0.3, -0.25) is 0 Å². The third-order valence-electron chi connectivity index (χ3n) is 4.61. The highest BCUT2D eigenvalue weighted by molar-refractivity contribution is 6.32. The molecule has 0 atom stereocenters. The molecule has 0 unspecified atom stereocenters. The first-order chi connectivity index (χ1) is 11.3. The minimum atomic E-state index is 1.33. The Bertz CT molecular complexity index is 1130. The Hall–Kier alpha value is -2.60. The number of fused-ring (bicyclic) bond motifs is 2. The van der Waals surface area contributed by atoms with E-state index in [1.54, 1.807) is 0 Å². The molecule has 5 rings (SSSR count). The second kappa shape index (κ2) is 5.24. The van der Waals surface area contributed by atoms with Crippen molar-refractivity contribution in [2.45, 2.75) is 20.8 Å². The van der Waals surface area contributed by atoms with Gasteiger partial charge in [0.25, 0.3) is 0 Å². The highest BCUT2D eigenvalue weighted by Crippen LogP contribution is 2.40. The Kier molecular flexibility index (Phi) is 3.20. The first-order valence-corrected chi connectivity index (χ1v) is 8.39. The summed E-state index contributed by atoms with van der Waals surface area (Å²) in [4.78, 5) is 0. The van der Waals surface area contributed by atoms with Crippen molar-refractivity contribution < 1.29 is 0 Å². The predicted octanol–water partition coefficient (Wildman–Crippen LogP) is 7.07. The average Bonchev–Trinajstić information content (AvgIpc) is 2.60. The molecule has 0 N–H and O–H groups in total. The maximum Gasteiger partial charge on any atom is -0.00262 e. The molecular weight excluding hydrogens is 276 g/mol. The van der Waals surface area contributed by atoms with Crippen LogP contribution in [0.4, 0.5) is 0 Å². The van der Waals surface area contributed by atoms with Crippen LogP contribution < -0.4 is 0 Å². The van der Waals surface area contributed by atoms with Gasteiger partial charge in [0.2, 0.25) is 0 Å². The fraction of sp³-hybridized carbons (Fsp3) is 0.130. The van der Waals surface area contributed by atoms with Crippen LogP contribution in [0.3, 0.4) is 0 Å². The van der Waals surface area contributed by atoms with Crippen molar-refractivity contribution in [2.75, 3.05) is 0 Å². The molecule has 0 radical (unpaired) electrons. The summed E-state index contributed by atoms with van der Waals surface area (Å²) in [6, 6.07) is 24.5. The first-order valence-electron chi connectivity index (χ1n) is 8.39. The summed E-state index contributed by atoms with van der Waals surface area (Å²) < 4.78 is 0. The summed E-state index contributed by atoms with van der Waals surface area (Å²) in [5.74, 6) is 0. The molecule has 0 nitrogen and oxygen atoms in total. The lowest BCUT2D eigenvalue weighted by Crippen LogP contribution is -1.87. The van der Waals surface area contributed by atoms with Crippen LogP contribution in [-0.2, 0) is 0 Å². The van der Waals surface area contributed by atoms with E-state index in [9.17, 15) is 0 Å². The zero-order valence-corrected chi connectivity index (χ0v) is 13.9. The van der Waals surface area contributed by atoms with E-state index in [0.717, 1.165) is 0 Å². The largest absolute Gasteiger partial charge is 0.0683 e. The standard InChI is InChI=1S/C21H14.C2H6/c1-13-11-15-7-4-9-17-16-8-2-5-14-6-3-10-18(20(14)16)19(12-13)21(15)17;1-2/h2-12H,1H3;1-2H3. The number of hydrogen-bond acceptors (Lipinski definition) is 0. The Labute approximate surface area is 136 Å². The lowest BCUT2D eigenvalue weighted by molar-refractivity contribution is 1.50. The minimum absolute atomic E-state index is 1.33. The minimum Gasteiger partial charge on any atom is -0.0683 e. The molecular formula is C23H20. The van der Waals surface area contributed by atoms with Gasteiger partial charge in [-0.15, -0.1) is 0 Å². The Morgan fingerprint density at radius 1 is 0.522 bits per heavy atom. The molecule has 0 saturated heterocycles. The summed E-state index contributed by atoms with van der Waals surface area (Å²) in [6.45, 7) is 6.18. The van der Waals surface area contributed by atoms with Crippen molar-refractivity contribution in [3.8, 4) is 0 Å². The zero-order chi connectivity index (χ0) is 16.0. The summed E-state index contributed by atoms with van der Waals surface area (Å²) in [7, 11) is 0. The lowest BCUT2D eigenvalue weighted by Gasteiger charge is -2.14. The maximum absolute atomic E-state index is 2.33. The van der Waals surface area contributed by atoms with E-state index >= 15 is 0 Å². The van der Waals surface area contributed by atoms with Crippen LogP contribution in [0.1, 0.15) is 19.4 Å². The SMILES string of the molecule is CC.Cc1cc2cccc3c4cccc5cccc(c(c1)c23)c54. The molecule has 0 heterocycles. The molecule has 5 aromatic carbocycles. The van der Waals surface area contributed by atoms with E-state index < -0.39 is 0 Å². The summed E-state index contributed by atoms with van der Waals surface area (Å²) in [6.07, 6.45) is 0. The van der Waals surface area contributed by atoms with Gasteiger partial charge in [-0.25, -0.2) is 0 Å². The molecule has 0 aromatic heterocycles. The molecule has 0 spiro atoms. The normalized spacial score (nSPS) is 11.3. The lowest BCUT2D eigenvalue weighted by atomic mass is 9.89. The fourth-order valence-corrected chi connectivity index (χ4v) is 3.80. The molecule has 0 bridgehead atoms. The van der Waals surface area contributed by atoms with E-state index in [0.29, 0.717) is 0 Å². The van der Waals surface area contributed by atoms with Gasteiger partial charge in [0.1, 0.15) is 0 Å². The van der Waals surface area contributed by atoms with E-state index in [1.807, 2.05) is 13.8 Å². The molecule has 0 fully saturated rings. The monoisotopic (exact) mass is 296 g/mol. The smallest absolute Gasteiger partial charge is 0.00262 e. The van der Waals surface area contributed by atoms with Gasteiger partial charge >= 0.3 is 0 Å². The molecule has 0 heteroatoms. The number of hydrogen-bond donors (Lipinski definition) is 0. The van der Waals surface area contributed by atoms with Crippen LogP contribution in [0.15, 0.2) is 66.7 Å². The fourth-order valence-electron chi connectivity index (χ4n) is 3.80. The van der Waals surface area contributed by atoms with Crippen LogP contribution in [0.25, 0.3) is 43.1 Å². The van der Waals surface area contributed by atoms with Gasteiger partial charge in [-0.2, -0.15) is 0 Å². The predicted molar refractivity (Wildman–Crippen MR) is 104 cm³/mol. The van der Waals surface area contributed by atoms with Crippen LogP contribution >= 0.6 is 0 Å². The third-order valence-corrected chi connectivity index (χ3v) is 4.61. The van der Waals surface area contributed by atoms with Crippen LogP contribution in [0.5, 0.6) is 0 Å². The van der Waals surface area contributed by atoms with E-state index in [4.69, 9.17) is 0 Å². The highest BCUT2D eigenvalue weighted by atomic mass is 14.1. The molecule has 5 aromatic rings. The van der Waals surface area contributed by atoms with Gasteiger partial charge < -0.3 is 0 Å². The van der Waals surface area contributed by atoms with Gasteiger partial charge in [0.15, 0.2) is 0 Å². The van der Waals surface area contributed by atoms with Crippen molar-refractivity contribution >= 4 is 43.1 Å². The molecule has 0 aliphatic carbocycles. The second-order valence-corrected chi connectivity index (χ2v) is 5.93. The van der Waals surface area contributed by atoms with Crippen molar-refractivity contribution in [1.82, 2.24) is 0 Å². The van der Waals surface area contributed by atoms with Crippen LogP contribution in [0.2, 0.25) is 0 Å². The molecule has 0 amide bonds. The van der Waals surface area contributed by atoms with Gasteiger partial charge in [0, 0.05) is 0 Å². The zero-order valence-electron chi connectivity index (χ0n) is 13.9. The Morgan fingerprint density at radius 3 is 1.61 bits per heavy atom. The van der Waals surface area contributed by atoms with Crippen LogP contribution in [-0.4, -0.2) is 0 Å². The molecule has 0 aliphatic heterocycles. The number of aryl methyl sites for hydroxylation is 1. The van der Waals surface area contributed by atoms with Gasteiger partial charge in [-0.1, -0.05) is 80.6 Å². The third kappa shape index (κ3) is 1.91. The van der Waals surface area contributed by atoms with E-state index in [2.05, 4.69) is 73.7 Å². The summed E-state index contributed by atoms with van der Waals surface area (Å²) >= 11 is 0. The molecule has 112 valence electrons. The maximum atomic E-state index is 2.33. The molecule has 23 heavy (non-hydrogen) atoms. The molecule has 0 aliphatic rings. The van der Waals surface area contributed by atoms with Crippen molar-refractivity contribution in [3.05, 3.63) is 72.3 Å². The molecule has 0 saturated carbocycles. The van der Waals surface area contributed by atoms with Crippen molar-refractivity contribution in [1.29, 1.82) is 0 Å². The topological polar surface area (TPSA) is 0 Å². The van der Waals surface area contributed by atoms with Gasteiger partial charge in [0.05, 0.1) is 0 Å². The van der Waals surface area contributed by atoms with E-state index in [1.165, 1.54) is 48.7 Å². The average molecular weight is 296 g/mol. The van der Waals surface area contributed by atoms with Crippen LogP contribution in [0, 0.1) is 6.92 Å². The summed E-state index contributed by atoms with van der Waals surface area (Å²) in [5.41, 5.74) is 1.33.